The summed E-state index contributed by atoms with van der Waals surface area (Å²) in [5.41, 5.74) is 7.28. The molecule has 0 bridgehead atoms. The quantitative estimate of drug-likeness (QED) is 0.336. The van der Waals surface area contributed by atoms with E-state index in [1.165, 1.54) is 0 Å². The molecule has 10 heteroatoms. The van der Waals surface area contributed by atoms with E-state index in [9.17, 15) is 14.7 Å². The topological polar surface area (TPSA) is 124 Å². The van der Waals surface area contributed by atoms with E-state index in [1.807, 2.05) is 46.2 Å². The highest BCUT2D eigenvalue weighted by Crippen LogP contribution is 2.50. The summed E-state index contributed by atoms with van der Waals surface area (Å²) in [6.07, 6.45) is 3.58. The predicted octanol–water partition coefficient (Wildman–Crippen LogP) is 3.64. The number of amides is 1. The highest BCUT2D eigenvalue weighted by Gasteiger charge is 2.48. The number of benzene rings is 2. The number of aliphatic carboxylic acids is 1. The Hall–Kier alpha value is -3.50. The Morgan fingerprint density at radius 1 is 1.05 bits per heavy atom. The molecule has 0 saturated carbocycles. The van der Waals surface area contributed by atoms with Gasteiger partial charge in [-0.2, -0.15) is 0 Å². The molecule has 0 spiro atoms. The number of likely N-dealkylation sites (tertiary alicyclic amines) is 1. The van der Waals surface area contributed by atoms with E-state index in [1.54, 1.807) is 14.2 Å². The summed E-state index contributed by atoms with van der Waals surface area (Å²) in [6, 6.07) is 10.6. The molecule has 1 fully saturated rings. The monoisotopic (exact) mass is 555 g/mol. The molecule has 3 N–H and O–H groups in total. The molecule has 3 atom stereocenters. The lowest BCUT2D eigenvalue weighted by Crippen LogP contribution is -2.42. The second-order valence-corrected chi connectivity index (χ2v) is 10.3. The molecule has 1 amide bonds. The van der Waals surface area contributed by atoms with Crippen molar-refractivity contribution in [2.45, 2.75) is 44.6 Å². The van der Waals surface area contributed by atoms with Gasteiger partial charge in [0.15, 0.2) is 11.5 Å². The molecule has 2 heterocycles. The third-order valence-electron chi connectivity index (χ3n) is 7.80. The largest absolute Gasteiger partial charge is 0.497 e. The zero-order chi connectivity index (χ0) is 28.6. The summed E-state index contributed by atoms with van der Waals surface area (Å²) >= 11 is 0. The van der Waals surface area contributed by atoms with Crippen LogP contribution in [-0.2, 0) is 9.59 Å². The molecule has 0 aliphatic carbocycles. The van der Waals surface area contributed by atoms with Crippen LogP contribution in [0, 0.1) is 5.92 Å². The maximum Gasteiger partial charge on any atom is 0.309 e. The smallest absolute Gasteiger partial charge is 0.309 e. The average Bonchev–Trinajstić information content (AvgIpc) is 3.59. The van der Waals surface area contributed by atoms with E-state index in [0.717, 1.165) is 36.8 Å². The van der Waals surface area contributed by atoms with Crippen molar-refractivity contribution in [1.82, 2.24) is 9.80 Å². The third-order valence-corrected chi connectivity index (χ3v) is 7.80. The van der Waals surface area contributed by atoms with E-state index in [0.29, 0.717) is 49.2 Å². The summed E-state index contributed by atoms with van der Waals surface area (Å²) in [5.74, 6) is 0.0581. The minimum Gasteiger partial charge on any atom is -0.497 e. The Labute approximate surface area is 235 Å². The number of carboxylic acid groups (broad SMARTS) is 1. The first-order valence-electron chi connectivity index (χ1n) is 14.0. The molecule has 10 nitrogen and oxygen atoms in total. The van der Waals surface area contributed by atoms with Crippen molar-refractivity contribution in [3.8, 4) is 23.0 Å². The van der Waals surface area contributed by atoms with Gasteiger partial charge in [-0.15, -0.1) is 0 Å². The number of hydrogen-bond acceptors (Lipinski definition) is 8. The van der Waals surface area contributed by atoms with Crippen LogP contribution in [0.4, 0.5) is 0 Å². The maximum atomic E-state index is 13.7. The zero-order valence-electron chi connectivity index (χ0n) is 23.6. The number of carbonyl (C=O) groups is 2. The SMILES string of the molecule is CCCCN(CCCCN)C(=O)CN1C[C@H](c2cc(OC)c3c(c2)OCO3)[C@@H](C(=O)O)[C@@H]1c1ccc(OC)cc1. The molecule has 4 rings (SSSR count). The molecule has 2 aliphatic rings. The standard InChI is InChI=1S/C30H41N3O7/c1-4-5-13-32(14-7-6-12-31)26(34)18-33-17-23(21-15-24(38-3)29-25(16-21)39-19-40-29)27(30(35)36)28(33)20-8-10-22(37-2)11-9-20/h8-11,15-16,23,27-28H,4-7,12-14,17-19,31H2,1-3H3,(H,35,36)/t23-,27-,28+/m1/s1. The lowest BCUT2D eigenvalue weighted by Gasteiger charge is -2.30. The van der Waals surface area contributed by atoms with Gasteiger partial charge in [0.1, 0.15) is 5.75 Å². The Balaban J connectivity index is 1.70. The summed E-state index contributed by atoms with van der Waals surface area (Å²) in [6.45, 7) is 4.58. The molecular formula is C30H41N3O7. The van der Waals surface area contributed by atoms with Crippen LogP contribution in [0.1, 0.15) is 55.7 Å². The van der Waals surface area contributed by atoms with Gasteiger partial charge < -0.3 is 34.7 Å². The van der Waals surface area contributed by atoms with Crippen LogP contribution in [0.25, 0.3) is 0 Å². The fourth-order valence-corrected chi connectivity index (χ4v) is 5.72. The highest BCUT2D eigenvalue weighted by atomic mass is 16.7. The summed E-state index contributed by atoms with van der Waals surface area (Å²) < 4.78 is 22.1. The first-order chi connectivity index (χ1) is 19.4. The van der Waals surface area contributed by atoms with Crippen molar-refractivity contribution in [3.63, 3.8) is 0 Å². The van der Waals surface area contributed by atoms with Crippen LogP contribution in [-0.4, -0.2) is 80.5 Å². The summed E-state index contributed by atoms with van der Waals surface area (Å²) in [5, 5.41) is 10.6. The van der Waals surface area contributed by atoms with Gasteiger partial charge in [0.2, 0.25) is 18.4 Å². The van der Waals surface area contributed by atoms with Crippen molar-refractivity contribution in [2.75, 3.05) is 53.7 Å². The van der Waals surface area contributed by atoms with Crippen molar-refractivity contribution in [1.29, 1.82) is 0 Å². The number of hydrogen-bond donors (Lipinski definition) is 2. The van der Waals surface area contributed by atoms with E-state index in [-0.39, 0.29) is 19.2 Å². The van der Waals surface area contributed by atoms with Crippen molar-refractivity contribution >= 4 is 11.9 Å². The van der Waals surface area contributed by atoms with Crippen LogP contribution in [0.5, 0.6) is 23.0 Å². The minimum atomic E-state index is -0.928. The van der Waals surface area contributed by atoms with Crippen LogP contribution in [0.2, 0.25) is 0 Å². The van der Waals surface area contributed by atoms with Gasteiger partial charge in [0.05, 0.1) is 26.7 Å². The predicted molar refractivity (Wildman–Crippen MR) is 150 cm³/mol. The summed E-state index contributed by atoms with van der Waals surface area (Å²) in [4.78, 5) is 30.5. The molecule has 40 heavy (non-hydrogen) atoms. The van der Waals surface area contributed by atoms with Crippen LogP contribution < -0.4 is 24.7 Å². The zero-order valence-corrected chi connectivity index (χ0v) is 23.6. The number of rotatable bonds is 14. The summed E-state index contributed by atoms with van der Waals surface area (Å²) in [7, 11) is 3.14. The molecule has 0 aromatic heterocycles. The minimum absolute atomic E-state index is 0.00274. The van der Waals surface area contributed by atoms with Gasteiger partial charge in [0.25, 0.3) is 0 Å². The lowest BCUT2D eigenvalue weighted by molar-refractivity contribution is -0.144. The first-order valence-corrected chi connectivity index (χ1v) is 14.0. The molecule has 2 aromatic rings. The first kappa shape index (κ1) is 29.5. The molecule has 1 saturated heterocycles. The number of fused-ring (bicyclic) bond motifs is 1. The van der Waals surface area contributed by atoms with Crippen LogP contribution in [0.3, 0.4) is 0 Å². The molecule has 0 unspecified atom stereocenters. The number of carboxylic acids is 1. The van der Waals surface area contributed by atoms with Gasteiger partial charge in [-0.25, -0.2) is 0 Å². The Kier molecular flexibility index (Phi) is 10.1. The van der Waals surface area contributed by atoms with E-state index in [2.05, 4.69) is 6.92 Å². The maximum absolute atomic E-state index is 13.7. The van der Waals surface area contributed by atoms with E-state index < -0.39 is 23.8 Å². The van der Waals surface area contributed by atoms with Gasteiger partial charge in [-0.05, 0) is 61.2 Å². The molecular weight excluding hydrogens is 514 g/mol. The number of nitrogens with two attached hydrogens (primary N) is 1. The normalized spacial score (nSPS) is 19.9. The molecule has 218 valence electrons. The van der Waals surface area contributed by atoms with Gasteiger partial charge in [-0.3, -0.25) is 14.5 Å². The lowest BCUT2D eigenvalue weighted by atomic mass is 9.82. The number of carbonyl (C=O) groups excluding carboxylic acids is 1. The van der Waals surface area contributed by atoms with Gasteiger partial charge >= 0.3 is 5.97 Å². The third kappa shape index (κ3) is 6.45. The van der Waals surface area contributed by atoms with Crippen molar-refractivity contribution < 1.29 is 33.6 Å². The van der Waals surface area contributed by atoms with Gasteiger partial charge in [0, 0.05) is 31.6 Å². The molecule has 0 radical (unpaired) electrons. The Morgan fingerprint density at radius 3 is 2.45 bits per heavy atom. The highest BCUT2D eigenvalue weighted by molar-refractivity contribution is 5.79. The number of unbranched alkanes of at least 4 members (excludes halogenated alkanes) is 2. The van der Waals surface area contributed by atoms with Crippen LogP contribution in [0.15, 0.2) is 36.4 Å². The fourth-order valence-electron chi connectivity index (χ4n) is 5.72. The number of methoxy groups -OCH3 is 2. The average molecular weight is 556 g/mol. The van der Waals surface area contributed by atoms with Gasteiger partial charge in [-0.1, -0.05) is 25.5 Å². The van der Waals surface area contributed by atoms with Crippen LogP contribution >= 0.6 is 0 Å². The molecule has 2 aliphatic heterocycles. The van der Waals surface area contributed by atoms with Crippen molar-refractivity contribution in [2.24, 2.45) is 11.7 Å². The second kappa shape index (κ2) is 13.7. The second-order valence-electron chi connectivity index (χ2n) is 10.3. The Morgan fingerprint density at radius 2 is 1.80 bits per heavy atom. The van der Waals surface area contributed by atoms with E-state index >= 15 is 0 Å². The van der Waals surface area contributed by atoms with E-state index in [4.69, 9.17) is 24.7 Å². The van der Waals surface area contributed by atoms with Crippen molar-refractivity contribution in [3.05, 3.63) is 47.5 Å². The Bertz CT molecular complexity index is 1160. The number of ether oxygens (including phenoxy) is 4. The number of nitrogens with zero attached hydrogens (tertiary/aromatic N) is 2. The fraction of sp³-hybridized carbons (Fsp3) is 0.533. The molecule has 2 aromatic carbocycles.